The number of hydrogen-bond donors (Lipinski definition) is 1. The molecule has 2 aromatic carbocycles. The van der Waals surface area contributed by atoms with Gasteiger partial charge in [-0.05, 0) is 49.4 Å². The zero-order valence-corrected chi connectivity index (χ0v) is 15.9. The minimum absolute atomic E-state index is 0.195. The van der Waals surface area contributed by atoms with Crippen LogP contribution in [0.5, 0.6) is 11.5 Å². The summed E-state index contributed by atoms with van der Waals surface area (Å²) in [6.45, 7) is 2.59. The van der Waals surface area contributed by atoms with Crippen LogP contribution in [0.1, 0.15) is 16.1 Å². The number of nitrogens with one attached hydrogen (secondary N) is 1. The molecule has 0 atom stereocenters. The van der Waals surface area contributed by atoms with E-state index in [1.807, 2.05) is 43.3 Å². The van der Waals surface area contributed by atoms with E-state index >= 15 is 0 Å². The summed E-state index contributed by atoms with van der Waals surface area (Å²) in [6.07, 6.45) is 1.55. The fraction of sp³-hybridized carbons (Fsp3) is 0.200. The van der Waals surface area contributed by atoms with E-state index in [2.05, 4.69) is 10.4 Å². The maximum Gasteiger partial charge on any atom is 0.254 e. The average Bonchev–Trinajstić information content (AvgIpc) is 3.07. The van der Waals surface area contributed by atoms with Gasteiger partial charge in [0.05, 0.1) is 36.8 Å². The number of rotatable bonds is 7. The second kappa shape index (κ2) is 8.60. The number of carbonyl (C=O) groups excluding carboxylic acids is 1. The second-order valence-electron chi connectivity index (χ2n) is 5.82. The first-order valence-electron chi connectivity index (χ1n) is 8.44. The van der Waals surface area contributed by atoms with Crippen LogP contribution in [0.3, 0.4) is 0 Å². The maximum absolute atomic E-state index is 12.4. The van der Waals surface area contributed by atoms with E-state index in [-0.39, 0.29) is 5.91 Å². The van der Waals surface area contributed by atoms with E-state index in [0.29, 0.717) is 23.7 Å². The molecule has 3 rings (SSSR count). The molecule has 0 fully saturated rings. The van der Waals surface area contributed by atoms with Crippen molar-refractivity contribution in [3.05, 3.63) is 71.0 Å². The molecule has 0 radical (unpaired) electrons. The number of hydrogen-bond acceptors (Lipinski definition) is 4. The molecule has 0 bridgehead atoms. The highest BCUT2D eigenvalue weighted by Crippen LogP contribution is 2.18. The third-order valence-electron chi connectivity index (χ3n) is 4.02. The summed E-state index contributed by atoms with van der Waals surface area (Å²) in [4.78, 5) is 12.4. The van der Waals surface area contributed by atoms with Crippen LogP contribution in [0.25, 0.3) is 5.69 Å². The van der Waals surface area contributed by atoms with Gasteiger partial charge < -0.3 is 14.8 Å². The fourth-order valence-corrected chi connectivity index (χ4v) is 2.79. The highest BCUT2D eigenvalue weighted by Gasteiger charge is 2.15. The van der Waals surface area contributed by atoms with Gasteiger partial charge in [-0.25, -0.2) is 4.68 Å². The normalized spacial score (nSPS) is 10.5. The Morgan fingerprint density at radius 2 is 1.93 bits per heavy atom. The molecule has 0 saturated carbocycles. The molecule has 0 unspecified atom stereocenters. The zero-order chi connectivity index (χ0) is 19.2. The number of methoxy groups -OCH3 is 1. The molecule has 0 saturated heterocycles. The van der Waals surface area contributed by atoms with Gasteiger partial charge in [-0.3, -0.25) is 4.79 Å². The summed E-state index contributed by atoms with van der Waals surface area (Å²) in [5.74, 6) is 1.29. The van der Waals surface area contributed by atoms with Crippen molar-refractivity contribution in [2.45, 2.75) is 6.92 Å². The number of ether oxygens (including phenoxy) is 2. The molecule has 3 aromatic rings. The van der Waals surface area contributed by atoms with Gasteiger partial charge in [-0.2, -0.15) is 5.10 Å². The van der Waals surface area contributed by atoms with Gasteiger partial charge in [0, 0.05) is 5.02 Å². The van der Waals surface area contributed by atoms with Crippen LogP contribution in [-0.4, -0.2) is 35.9 Å². The van der Waals surface area contributed by atoms with Crippen molar-refractivity contribution < 1.29 is 14.3 Å². The van der Waals surface area contributed by atoms with E-state index in [1.54, 1.807) is 30.1 Å². The minimum Gasteiger partial charge on any atom is -0.497 e. The van der Waals surface area contributed by atoms with Gasteiger partial charge in [0.25, 0.3) is 5.91 Å². The molecule has 0 aliphatic heterocycles. The number of carbonyl (C=O) groups is 1. The summed E-state index contributed by atoms with van der Waals surface area (Å²) in [5, 5.41) is 7.75. The lowest BCUT2D eigenvalue weighted by Crippen LogP contribution is -2.28. The van der Waals surface area contributed by atoms with Crippen molar-refractivity contribution in [3.63, 3.8) is 0 Å². The molecule has 0 aliphatic carbocycles. The highest BCUT2D eigenvalue weighted by atomic mass is 35.5. The Labute approximate surface area is 162 Å². The Morgan fingerprint density at radius 3 is 2.63 bits per heavy atom. The van der Waals surface area contributed by atoms with E-state index in [0.717, 1.165) is 22.9 Å². The lowest BCUT2D eigenvalue weighted by molar-refractivity contribution is 0.0946. The molecule has 0 spiro atoms. The van der Waals surface area contributed by atoms with Gasteiger partial charge in [0.2, 0.25) is 0 Å². The molecule has 6 nitrogen and oxygen atoms in total. The SMILES string of the molecule is COc1ccc(OCCNC(=O)c2cnn(-c3cccc(Cl)c3)c2C)cc1. The Balaban J connectivity index is 1.55. The smallest absolute Gasteiger partial charge is 0.254 e. The monoisotopic (exact) mass is 385 g/mol. The van der Waals surface area contributed by atoms with Gasteiger partial charge in [-0.15, -0.1) is 0 Å². The van der Waals surface area contributed by atoms with Crippen molar-refractivity contribution in [2.75, 3.05) is 20.3 Å². The lowest BCUT2D eigenvalue weighted by atomic mass is 10.2. The maximum atomic E-state index is 12.4. The number of amides is 1. The van der Waals surface area contributed by atoms with Crippen LogP contribution < -0.4 is 14.8 Å². The molecule has 1 heterocycles. The van der Waals surface area contributed by atoms with E-state index in [4.69, 9.17) is 21.1 Å². The number of aromatic nitrogens is 2. The van der Waals surface area contributed by atoms with Crippen LogP contribution in [0.4, 0.5) is 0 Å². The van der Waals surface area contributed by atoms with Gasteiger partial charge >= 0.3 is 0 Å². The first kappa shape index (κ1) is 18.8. The summed E-state index contributed by atoms with van der Waals surface area (Å²) >= 11 is 6.03. The van der Waals surface area contributed by atoms with E-state index in [1.165, 1.54) is 0 Å². The molecule has 0 aliphatic rings. The molecule has 27 heavy (non-hydrogen) atoms. The van der Waals surface area contributed by atoms with E-state index < -0.39 is 0 Å². The quantitative estimate of drug-likeness (QED) is 0.630. The van der Waals surface area contributed by atoms with Crippen LogP contribution in [-0.2, 0) is 0 Å². The van der Waals surface area contributed by atoms with E-state index in [9.17, 15) is 4.79 Å². The van der Waals surface area contributed by atoms with Crippen LogP contribution in [0, 0.1) is 6.92 Å². The molecule has 1 N–H and O–H groups in total. The van der Waals surface area contributed by atoms with Gasteiger partial charge in [-0.1, -0.05) is 17.7 Å². The summed E-state index contributed by atoms with van der Waals surface area (Å²) in [7, 11) is 1.61. The molecule has 7 heteroatoms. The molecular formula is C20H20ClN3O3. The van der Waals surface area contributed by atoms with Crippen molar-refractivity contribution >= 4 is 17.5 Å². The highest BCUT2D eigenvalue weighted by molar-refractivity contribution is 6.30. The van der Waals surface area contributed by atoms with Crippen LogP contribution in [0.15, 0.2) is 54.7 Å². The Morgan fingerprint density at radius 1 is 1.19 bits per heavy atom. The predicted molar refractivity (Wildman–Crippen MR) is 104 cm³/mol. The number of benzene rings is 2. The average molecular weight is 386 g/mol. The van der Waals surface area contributed by atoms with Gasteiger partial charge in [0.1, 0.15) is 18.1 Å². The van der Waals surface area contributed by atoms with Crippen molar-refractivity contribution in [3.8, 4) is 17.2 Å². The summed E-state index contributed by atoms with van der Waals surface area (Å²) < 4.78 is 12.4. The molecule has 140 valence electrons. The third kappa shape index (κ3) is 4.60. The first-order chi connectivity index (χ1) is 13.1. The van der Waals surface area contributed by atoms with Crippen LogP contribution in [0.2, 0.25) is 5.02 Å². The topological polar surface area (TPSA) is 65.4 Å². The minimum atomic E-state index is -0.195. The second-order valence-corrected chi connectivity index (χ2v) is 6.25. The van der Waals surface area contributed by atoms with Crippen molar-refractivity contribution in [1.29, 1.82) is 0 Å². The Bertz CT molecular complexity index is 922. The van der Waals surface area contributed by atoms with Gasteiger partial charge in [0.15, 0.2) is 0 Å². The van der Waals surface area contributed by atoms with Crippen molar-refractivity contribution in [1.82, 2.24) is 15.1 Å². The lowest BCUT2D eigenvalue weighted by Gasteiger charge is -2.09. The molecule has 1 amide bonds. The third-order valence-corrected chi connectivity index (χ3v) is 4.26. The zero-order valence-electron chi connectivity index (χ0n) is 15.1. The summed E-state index contributed by atoms with van der Waals surface area (Å²) in [6, 6.07) is 14.6. The Hall–Kier alpha value is -2.99. The number of halogens is 1. The number of nitrogens with zero attached hydrogens (tertiary/aromatic N) is 2. The standard InChI is InChI=1S/C20H20ClN3O3/c1-14-19(13-23-24(14)16-5-3-4-15(21)12-16)20(25)22-10-11-27-18-8-6-17(26-2)7-9-18/h3-9,12-13H,10-11H2,1-2H3,(H,22,25). The van der Waals surface area contributed by atoms with Crippen LogP contribution >= 0.6 is 11.6 Å². The fourth-order valence-electron chi connectivity index (χ4n) is 2.60. The molecular weight excluding hydrogens is 366 g/mol. The predicted octanol–water partition coefficient (Wildman–Crippen LogP) is 3.65. The largest absolute Gasteiger partial charge is 0.497 e. The van der Waals surface area contributed by atoms with Crippen molar-refractivity contribution in [2.24, 2.45) is 0 Å². The molecule has 1 aromatic heterocycles. The Kier molecular flexibility index (Phi) is 5.98. The first-order valence-corrected chi connectivity index (χ1v) is 8.82. The summed E-state index contributed by atoms with van der Waals surface area (Å²) in [5.41, 5.74) is 2.06.